The predicted octanol–water partition coefficient (Wildman–Crippen LogP) is 5.46. The zero-order valence-electron chi connectivity index (χ0n) is 23.6. The first-order valence-corrected chi connectivity index (χ1v) is 15.3. The number of imide groups is 1. The summed E-state index contributed by atoms with van der Waals surface area (Å²) in [5.74, 6) is -1.26. The van der Waals surface area contributed by atoms with Crippen molar-refractivity contribution in [2.45, 2.75) is 116 Å². The molecule has 2 aliphatic heterocycles. The Hall–Kier alpha value is -2.30. The summed E-state index contributed by atoms with van der Waals surface area (Å²) in [4.78, 5) is 44.6. The van der Waals surface area contributed by atoms with E-state index in [2.05, 4.69) is 43.9 Å². The summed E-state index contributed by atoms with van der Waals surface area (Å²) in [6.07, 6.45) is -1.18. The van der Waals surface area contributed by atoms with Gasteiger partial charge in [0.1, 0.15) is 17.2 Å². The van der Waals surface area contributed by atoms with Gasteiger partial charge in [-0.15, -0.1) is 0 Å². The average molecular weight is 526 g/mol. The van der Waals surface area contributed by atoms with Crippen molar-refractivity contribution in [3.8, 4) is 0 Å². The predicted molar refractivity (Wildman–Crippen MR) is 138 cm³/mol. The van der Waals surface area contributed by atoms with Crippen molar-refractivity contribution in [2.75, 3.05) is 13.1 Å². The molecule has 11 nitrogen and oxygen atoms in total. The summed E-state index contributed by atoms with van der Waals surface area (Å²) in [7, 11) is -2.17. The molecular formula is C24H43N5O6Si. The third kappa shape index (κ3) is 7.14. The first-order valence-electron chi connectivity index (χ1n) is 12.4. The van der Waals surface area contributed by atoms with E-state index in [4.69, 9.17) is 13.9 Å². The van der Waals surface area contributed by atoms with E-state index in [9.17, 15) is 19.9 Å². The number of rotatable bonds is 4. The van der Waals surface area contributed by atoms with Gasteiger partial charge in [-0.3, -0.25) is 4.79 Å². The van der Waals surface area contributed by atoms with Gasteiger partial charge >= 0.3 is 12.2 Å². The fourth-order valence-corrected chi connectivity index (χ4v) is 5.55. The van der Waals surface area contributed by atoms with E-state index >= 15 is 0 Å². The quantitative estimate of drug-likeness (QED) is 0.207. The van der Waals surface area contributed by atoms with Crippen molar-refractivity contribution >= 4 is 26.4 Å². The van der Waals surface area contributed by atoms with Gasteiger partial charge in [0.25, 0.3) is 0 Å². The molecule has 3 amide bonds. The van der Waals surface area contributed by atoms with Crippen LogP contribution in [0.3, 0.4) is 0 Å². The zero-order chi connectivity index (χ0) is 27.9. The summed E-state index contributed by atoms with van der Waals surface area (Å²) in [6, 6.07) is -1.68. The summed E-state index contributed by atoms with van der Waals surface area (Å²) in [5.41, 5.74) is 7.66. The van der Waals surface area contributed by atoms with E-state index in [1.807, 2.05) is 0 Å². The highest BCUT2D eigenvalue weighted by atomic mass is 28.4. The van der Waals surface area contributed by atoms with Crippen LogP contribution in [0.25, 0.3) is 10.4 Å². The first-order chi connectivity index (χ1) is 16.2. The van der Waals surface area contributed by atoms with Crippen LogP contribution in [0.15, 0.2) is 5.11 Å². The molecule has 2 fully saturated rings. The van der Waals surface area contributed by atoms with E-state index in [1.165, 1.54) is 0 Å². The molecule has 0 aromatic heterocycles. The second kappa shape index (κ2) is 10.2. The van der Waals surface area contributed by atoms with Gasteiger partial charge in [-0.2, -0.15) is 0 Å². The van der Waals surface area contributed by atoms with Gasteiger partial charge in [-0.25, -0.2) is 14.5 Å². The SMILES string of the molecule is CC(C)(C)OC(=O)N1CC([C@@H]2C[C@@H](O[Si](C)(C)C(C)(C)C)CN2C(=O)OC(C)(C)C)C(N=[N+]=[N-])C1=O. The standard InChI is InChI=1S/C24H43N5O6Si/c1-22(2,3)33-20(31)28-13-15(35-36(10,11)24(7,8)9)12-17(28)16-14-29(19(30)18(16)26-27-25)21(32)34-23(4,5)6/h15-18H,12-14H2,1-11H3/t15-,16?,17+,18?/m1/s1. The molecule has 2 rings (SSSR count). The molecule has 2 aliphatic rings. The first kappa shape index (κ1) is 29.9. The Morgan fingerprint density at radius 2 is 1.50 bits per heavy atom. The smallest absolute Gasteiger partial charge is 0.417 e. The van der Waals surface area contributed by atoms with Crippen LogP contribution in [-0.2, 0) is 18.7 Å². The van der Waals surface area contributed by atoms with Gasteiger partial charge in [0.2, 0.25) is 5.91 Å². The van der Waals surface area contributed by atoms with E-state index in [-0.39, 0.29) is 24.2 Å². The van der Waals surface area contributed by atoms with E-state index in [0.29, 0.717) is 6.42 Å². The molecular weight excluding hydrogens is 482 g/mol. The molecule has 2 unspecified atom stereocenters. The minimum atomic E-state index is -2.17. The molecule has 0 saturated carbocycles. The Labute approximate surface area is 215 Å². The van der Waals surface area contributed by atoms with Crippen molar-refractivity contribution in [3.63, 3.8) is 0 Å². The largest absolute Gasteiger partial charge is 0.444 e. The molecule has 2 heterocycles. The normalized spacial score (nSPS) is 25.6. The van der Waals surface area contributed by atoms with Crippen molar-refractivity contribution in [3.05, 3.63) is 10.4 Å². The summed E-state index contributed by atoms with van der Waals surface area (Å²) < 4.78 is 17.7. The van der Waals surface area contributed by atoms with Gasteiger partial charge in [-0.05, 0) is 71.6 Å². The second-order valence-electron chi connectivity index (χ2n) is 13.2. The number of azide groups is 1. The maximum Gasteiger partial charge on any atom is 0.417 e. The minimum Gasteiger partial charge on any atom is -0.444 e. The van der Waals surface area contributed by atoms with Crippen LogP contribution in [-0.4, -0.2) is 78.7 Å². The lowest BCUT2D eigenvalue weighted by molar-refractivity contribution is -0.128. The molecule has 204 valence electrons. The topological polar surface area (TPSA) is 134 Å². The second-order valence-corrected chi connectivity index (χ2v) is 17.9. The summed E-state index contributed by atoms with van der Waals surface area (Å²) in [5, 5.41) is 3.70. The third-order valence-corrected chi connectivity index (χ3v) is 11.3. The van der Waals surface area contributed by atoms with Crippen molar-refractivity contribution in [1.82, 2.24) is 9.80 Å². The number of carbonyl (C=O) groups excluding carboxylic acids is 3. The number of carbonyl (C=O) groups is 3. The molecule has 0 aromatic rings. The minimum absolute atomic E-state index is 0.0335. The Bertz CT molecular complexity index is 913. The zero-order valence-corrected chi connectivity index (χ0v) is 24.6. The fourth-order valence-electron chi connectivity index (χ4n) is 4.19. The lowest BCUT2D eigenvalue weighted by Crippen LogP contribution is -2.46. The van der Waals surface area contributed by atoms with Gasteiger partial charge < -0.3 is 18.8 Å². The summed E-state index contributed by atoms with van der Waals surface area (Å²) in [6.45, 7) is 21.4. The number of hydrogen-bond acceptors (Lipinski definition) is 7. The Balaban J connectivity index is 2.41. The van der Waals surface area contributed by atoms with Crippen LogP contribution < -0.4 is 0 Å². The van der Waals surface area contributed by atoms with Crippen molar-refractivity contribution in [1.29, 1.82) is 0 Å². The van der Waals surface area contributed by atoms with Crippen LogP contribution >= 0.6 is 0 Å². The number of nitrogens with zero attached hydrogens (tertiary/aromatic N) is 5. The lowest BCUT2D eigenvalue weighted by Gasteiger charge is -2.38. The molecule has 0 bridgehead atoms. The highest BCUT2D eigenvalue weighted by Crippen LogP contribution is 2.41. The summed E-state index contributed by atoms with van der Waals surface area (Å²) >= 11 is 0. The van der Waals surface area contributed by atoms with Crippen molar-refractivity contribution < 1.29 is 28.3 Å². The van der Waals surface area contributed by atoms with Gasteiger partial charge in [0, 0.05) is 30.0 Å². The maximum atomic E-state index is 13.3. The van der Waals surface area contributed by atoms with Gasteiger partial charge in [-0.1, -0.05) is 25.9 Å². The Kier molecular flexibility index (Phi) is 8.49. The highest BCUT2D eigenvalue weighted by molar-refractivity contribution is 6.74. The molecule has 0 radical (unpaired) electrons. The van der Waals surface area contributed by atoms with Crippen LogP contribution in [0, 0.1) is 5.92 Å². The molecule has 2 saturated heterocycles. The third-order valence-electron chi connectivity index (χ3n) is 6.80. The molecule has 0 aromatic carbocycles. The monoisotopic (exact) mass is 525 g/mol. The molecule has 12 heteroatoms. The molecule has 0 N–H and O–H groups in total. The van der Waals surface area contributed by atoms with Crippen LogP contribution in [0.1, 0.15) is 68.7 Å². The average Bonchev–Trinajstić information content (AvgIpc) is 3.20. The Morgan fingerprint density at radius 1 is 0.972 bits per heavy atom. The maximum absolute atomic E-state index is 13.3. The fraction of sp³-hybridized carbons (Fsp3) is 0.875. The van der Waals surface area contributed by atoms with Crippen LogP contribution in [0.4, 0.5) is 9.59 Å². The number of ether oxygens (including phenoxy) is 2. The molecule has 36 heavy (non-hydrogen) atoms. The van der Waals surface area contributed by atoms with E-state index in [0.717, 1.165) is 4.90 Å². The van der Waals surface area contributed by atoms with Gasteiger partial charge in [0.15, 0.2) is 8.32 Å². The Morgan fingerprint density at radius 3 is 1.97 bits per heavy atom. The molecule has 0 aliphatic carbocycles. The van der Waals surface area contributed by atoms with E-state index < -0.39 is 55.6 Å². The number of likely N-dealkylation sites (tertiary alicyclic amines) is 2. The van der Waals surface area contributed by atoms with Gasteiger partial charge in [0.05, 0.1) is 6.10 Å². The van der Waals surface area contributed by atoms with E-state index in [1.54, 1.807) is 46.4 Å². The highest BCUT2D eigenvalue weighted by Gasteiger charge is 2.53. The van der Waals surface area contributed by atoms with Crippen molar-refractivity contribution in [2.24, 2.45) is 11.0 Å². The lowest BCUT2D eigenvalue weighted by atomic mass is 9.92. The number of amides is 3. The van der Waals surface area contributed by atoms with Crippen LogP contribution in [0.5, 0.6) is 0 Å². The number of hydrogen-bond donors (Lipinski definition) is 0. The van der Waals surface area contributed by atoms with Crippen LogP contribution in [0.2, 0.25) is 18.1 Å². The molecule has 4 atom stereocenters. The molecule has 0 spiro atoms.